The first-order chi connectivity index (χ1) is 7.34. The summed E-state index contributed by atoms with van der Waals surface area (Å²) in [5.41, 5.74) is 1.30. The maximum absolute atomic E-state index is 5.83. The minimum Gasteiger partial charge on any atom is -0.307 e. The van der Waals surface area contributed by atoms with E-state index in [0.717, 1.165) is 0 Å². The summed E-state index contributed by atoms with van der Waals surface area (Å²) in [5.74, 6) is 0. The van der Waals surface area contributed by atoms with Crippen LogP contribution in [-0.4, -0.2) is 6.10 Å². The monoisotopic (exact) mass is 222 g/mol. The number of aryl methyl sites for hydroxylation is 1. The van der Waals surface area contributed by atoms with Gasteiger partial charge in [-0.15, -0.1) is 0 Å². The van der Waals surface area contributed by atoms with Gasteiger partial charge in [0, 0.05) is 16.9 Å². The summed E-state index contributed by atoms with van der Waals surface area (Å²) in [6.07, 6.45) is 7.00. The Kier molecular flexibility index (Phi) is 4.09. The fourth-order valence-corrected chi connectivity index (χ4v) is 2.57. The topological polar surface area (TPSA) is 9.23 Å². The molecule has 0 aliphatic heterocycles. The molecule has 0 heterocycles. The molecule has 2 rings (SSSR count). The van der Waals surface area contributed by atoms with Gasteiger partial charge in [-0.3, -0.25) is 0 Å². The van der Waals surface area contributed by atoms with Crippen LogP contribution >= 0.6 is 12.0 Å². The van der Waals surface area contributed by atoms with Gasteiger partial charge in [0.25, 0.3) is 0 Å². The van der Waals surface area contributed by atoms with Crippen molar-refractivity contribution in [1.29, 1.82) is 0 Å². The average Bonchev–Trinajstić information content (AvgIpc) is 2.30. The molecule has 82 valence electrons. The van der Waals surface area contributed by atoms with E-state index in [0.29, 0.717) is 6.10 Å². The van der Waals surface area contributed by atoms with Gasteiger partial charge in [0.05, 0.1) is 6.10 Å². The molecule has 1 aliphatic carbocycles. The molecule has 2 heteroatoms. The van der Waals surface area contributed by atoms with Gasteiger partial charge in [0.1, 0.15) is 0 Å². The molecule has 0 N–H and O–H groups in total. The van der Waals surface area contributed by atoms with Crippen molar-refractivity contribution in [2.24, 2.45) is 0 Å². The normalized spacial score (nSPS) is 17.9. The van der Waals surface area contributed by atoms with Crippen molar-refractivity contribution in [1.82, 2.24) is 0 Å². The summed E-state index contributed by atoms with van der Waals surface area (Å²) in [7, 11) is 0. The highest BCUT2D eigenvalue weighted by molar-refractivity contribution is 7.94. The average molecular weight is 222 g/mol. The Balaban J connectivity index is 1.79. The molecule has 1 aromatic rings. The molecule has 1 fully saturated rings. The Morgan fingerprint density at radius 3 is 2.40 bits per heavy atom. The van der Waals surface area contributed by atoms with Crippen molar-refractivity contribution in [2.45, 2.75) is 50.0 Å². The SMILES string of the molecule is Cc1ccc(SOC2CCCCC2)cc1. The van der Waals surface area contributed by atoms with Crippen LogP contribution < -0.4 is 0 Å². The molecule has 0 saturated heterocycles. The number of hydrogen-bond acceptors (Lipinski definition) is 2. The van der Waals surface area contributed by atoms with Crippen LogP contribution in [0.15, 0.2) is 29.2 Å². The van der Waals surface area contributed by atoms with Crippen LogP contribution in [0.4, 0.5) is 0 Å². The molecule has 1 nitrogen and oxygen atoms in total. The molecule has 1 saturated carbocycles. The van der Waals surface area contributed by atoms with Gasteiger partial charge in [-0.1, -0.05) is 37.0 Å². The van der Waals surface area contributed by atoms with Crippen molar-refractivity contribution < 1.29 is 4.18 Å². The first-order valence-electron chi connectivity index (χ1n) is 5.74. The van der Waals surface area contributed by atoms with Crippen LogP contribution in [-0.2, 0) is 4.18 Å². The van der Waals surface area contributed by atoms with Gasteiger partial charge in [-0.2, -0.15) is 0 Å². The van der Waals surface area contributed by atoms with Gasteiger partial charge < -0.3 is 4.18 Å². The zero-order valence-electron chi connectivity index (χ0n) is 9.24. The van der Waals surface area contributed by atoms with Crippen molar-refractivity contribution in [3.8, 4) is 0 Å². The molecule has 1 aromatic carbocycles. The van der Waals surface area contributed by atoms with E-state index >= 15 is 0 Å². The van der Waals surface area contributed by atoms with Crippen LogP contribution in [0.2, 0.25) is 0 Å². The van der Waals surface area contributed by atoms with E-state index in [4.69, 9.17) is 4.18 Å². The lowest BCUT2D eigenvalue weighted by Gasteiger charge is -2.20. The first-order valence-corrected chi connectivity index (χ1v) is 6.49. The molecule has 0 aromatic heterocycles. The van der Waals surface area contributed by atoms with Crippen LogP contribution in [0, 0.1) is 6.92 Å². The molecule has 0 amide bonds. The van der Waals surface area contributed by atoms with Crippen LogP contribution in [0.3, 0.4) is 0 Å². The predicted octanol–water partition coefficient (Wildman–Crippen LogP) is 4.35. The molecule has 0 atom stereocenters. The Morgan fingerprint density at radius 2 is 1.73 bits per heavy atom. The van der Waals surface area contributed by atoms with Gasteiger partial charge in [0.15, 0.2) is 0 Å². The van der Waals surface area contributed by atoms with Gasteiger partial charge in [-0.05, 0) is 31.9 Å². The summed E-state index contributed by atoms with van der Waals surface area (Å²) in [4.78, 5) is 1.21. The standard InChI is InChI=1S/C13H18OS/c1-11-7-9-13(10-8-11)15-14-12-5-3-2-4-6-12/h7-10,12H,2-6H2,1H3. The second kappa shape index (κ2) is 5.57. The van der Waals surface area contributed by atoms with Crippen molar-refractivity contribution in [2.75, 3.05) is 0 Å². The molecule has 0 bridgehead atoms. The highest BCUT2D eigenvalue weighted by Gasteiger charge is 2.14. The van der Waals surface area contributed by atoms with E-state index in [1.807, 2.05) is 0 Å². The van der Waals surface area contributed by atoms with E-state index < -0.39 is 0 Å². The van der Waals surface area contributed by atoms with E-state index in [1.54, 1.807) is 0 Å². The first kappa shape index (κ1) is 11.0. The minimum absolute atomic E-state index is 0.477. The number of hydrogen-bond donors (Lipinski definition) is 0. The van der Waals surface area contributed by atoms with Crippen LogP contribution in [0.1, 0.15) is 37.7 Å². The van der Waals surface area contributed by atoms with Crippen LogP contribution in [0.5, 0.6) is 0 Å². The maximum Gasteiger partial charge on any atom is 0.0727 e. The molecular formula is C13H18OS. The third-order valence-electron chi connectivity index (χ3n) is 2.85. The second-order valence-corrected chi connectivity index (χ2v) is 5.08. The Hall–Kier alpha value is -0.470. The fraction of sp³-hybridized carbons (Fsp3) is 0.538. The zero-order chi connectivity index (χ0) is 10.5. The molecule has 15 heavy (non-hydrogen) atoms. The van der Waals surface area contributed by atoms with Gasteiger partial charge in [-0.25, -0.2) is 0 Å². The predicted molar refractivity (Wildman–Crippen MR) is 65.0 cm³/mol. The lowest BCUT2D eigenvalue weighted by atomic mass is 9.98. The summed E-state index contributed by atoms with van der Waals surface area (Å²) in [6, 6.07) is 8.52. The third kappa shape index (κ3) is 3.54. The Labute approximate surface area is 96.4 Å². The van der Waals surface area contributed by atoms with E-state index in [-0.39, 0.29) is 0 Å². The fourth-order valence-electron chi connectivity index (χ4n) is 1.88. The highest BCUT2D eigenvalue weighted by atomic mass is 32.2. The zero-order valence-corrected chi connectivity index (χ0v) is 10.1. The highest BCUT2D eigenvalue weighted by Crippen LogP contribution is 2.28. The van der Waals surface area contributed by atoms with Crippen molar-refractivity contribution in [3.63, 3.8) is 0 Å². The van der Waals surface area contributed by atoms with Gasteiger partial charge in [0.2, 0.25) is 0 Å². The minimum atomic E-state index is 0.477. The molecular weight excluding hydrogens is 204 g/mol. The third-order valence-corrected chi connectivity index (χ3v) is 3.69. The maximum atomic E-state index is 5.83. The number of rotatable bonds is 3. The van der Waals surface area contributed by atoms with Gasteiger partial charge >= 0.3 is 0 Å². The second-order valence-electron chi connectivity index (χ2n) is 4.25. The molecule has 0 spiro atoms. The lowest BCUT2D eigenvalue weighted by Crippen LogP contribution is -2.12. The smallest absolute Gasteiger partial charge is 0.0727 e. The summed E-state index contributed by atoms with van der Waals surface area (Å²) in [5, 5.41) is 0. The summed E-state index contributed by atoms with van der Waals surface area (Å²) in [6.45, 7) is 2.11. The van der Waals surface area contributed by atoms with E-state index in [1.165, 1.54) is 54.6 Å². The van der Waals surface area contributed by atoms with Crippen LogP contribution in [0.25, 0.3) is 0 Å². The molecule has 1 aliphatic rings. The quantitative estimate of drug-likeness (QED) is 0.703. The number of benzene rings is 1. The van der Waals surface area contributed by atoms with E-state index in [9.17, 15) is 0 Å². The molecule has 0 unspecified atom stereocenters. The Bertz CT molecular complexity index is 288. The van der Waals surface area contributed by atoms with Crippen molar-refractivity contribution in [3.05, 3.63) is 29.8 Å². The largest absolute Gasteiger partial charge is 0.307 e. The summed E-state index contributed by atoms with van der Waals surface area (Å²) >= 11 is 1.54. The summed E-state index contributed by atoms with van der Waals surface area (Å²) < 4.78 is 5.83. The lowest BCUT2D eigenvalue weighted by molar-refractivity contribution is 0.185. The molecule has 0 radical (unpaired) electrons. The van der Waals surface area contributed by atoms with Crippen molar-refractivity contribution >= 4 is 12.0 Å². The van der Waals surface area contributed by atoms with E-state index in [2.05, 4.69) is 31.2 Å². The Morgan fingerprint density at radius 1 is 1.07 bits per heavy atom.